The van der Waals surface area contributed by atoms with E-state index in [0.717, 1.165) is 66.1 Å². The Kier molecular flexibility index (Phi) is 7.64. The van der Waals surface area contributed by atoms with Gasteiger partial charge in [0, 0.05) is 42.9 Å². The van der Waals surface area contributed by atoms with E-state index in [-0.39, 0.29) is 11.9 Å². The van der Waals surface area contributed by atoms with Crippen molar-refractivity contribution in [3.8, 4) is 16.8 Å². The van der Waals surface area contributed by atoms with Crippen molar-refractivity contribution in [3.05, 3.63) is 95.8 Å². The number of amides is 1. The predicted octanol–water partition coefficient (Wildman–Crippen LogP) is 4.47. The van der Waals surface area contributed by atoms with Crippen molar-refractivity contribution in [1.29, 1.82) is 0 Å². The maximum Gasteiger partial charge on any atom is 0.274 e. The van der Waals surface area contributed by atoms with E-state index < -0.39 is 6.10 Å². The van der Waals surface area contributed by atoms with Gasteiger partial charge in [-0.15, -0.1) is 0 Å². The molecule has 8 heteroatoms. The summed E-state index contributed by atoms with van der Waals surface area (Å²) in [6.07, 6.45) is 6.96. The van der Waals surface area contributed by atoms with Crippen molar-refractivity contribution in [1.82, 2.24) is 19.4 Å². The van der Waals surface area contributed by atoms with Crippen molar-refractivity contribution in [2.24, 2.45) is 5.73 Å². The Morgan fingerprint density at radius 3 is 2.76 bits per heavy atom. The third kappa shape index (κ3) is 6.16. The van der Waals surface area contributed by atoms with Crippen LogP contribution in [0.25, 0.3) is 16.8 Å². The number of aryl methyl sites for hydroxylation is 1. The fourth-order valence-electron chi connectivity index (χ4n) is 4.95. The van der Waals surface area contributed by atoms with Crippen molar-refractivity contribution < 1.29 is 9.90 Å². The van der Waals surface area contributed by atoms with E-state index in [4.69, 9.17) is 5.73 Å². The molecule has 4 aromatic rings. The fourth-order valence-corrected chi connectivity index (χ4v) is 4.95. The van der Waals surface area contributed by atoms with Crippen LogP contribution in [-0.2, 0) is 6.54 Å². The molecule has 2 aromatic heterocycles. The summed E-state index contributed by atoms with van der Waals surface area (Å²) in [6, 6.07) is 17.6. The molecule has 196 valence electrons. The first-order valence-electron chi connectivity index (χ1n) is 13.0. The summed E-state index contributed by atoms with van der Waals surface area (Å²) in [5.41, 5.74) is 12.8. The number of hydrogen-bond acceptors (Lipinski definition) is 6. The average molecular weight is 511 g/mol. The first-order chi connectivity index (χ1) is 18.3. The van der Waals surface area contributed by atoms with Gasteiger partial charge in [-0.25, -0.2) is 4.98 Å². The van der Waals surface area contributed by atoms with Crippen LogP contribution in [0.4, 0.5) is 5.69 Å². The van der Waals surface area contributed by atoms with E-state index in [0.29, 0.717) is 11.4 Å². The number of carbonyl (C=O) groups excluding carboxylic acids is 1. The number of anilines is 1. The molecule has 1 aliphatic heterocycles. The lowest BCUT2D eigenvalue weighted by molar-refractivity contribution is 0.102. The molecule has 0 saturated carbocycles. The minimum absolute atomic E-state index is 0.196. The van der Waals surface area contributed by atoms with Crippen LogP contribution < -0.4 is 11.1 Å². The van der Waals surface area contributed by atoms with Gasteiger partial charge >= 0.3 is 0 Å². The summed E-state index contributed by atoms with van der Waals surface area (Å²) < 4.78 is 1.96. The summed E-state index contributed by atoms with van der Waals surface area (Å²) in [4.78, 5) is 24.4. The van der Waals surface area contributed by atoms with E-state index in [1.54, 1.807) is 25.5 Å². The number of aliphatic hydroxyl groups is 1. The second-order valence-corrected chi connectivity index (χ2v) is 10.1. The van der Waals surface area contributed by atoms with E-state index >= 15 is 0 Å². The van der Waals surface area contributed by atoms with E-state index in [9.17, 15) is 9.90 Å². The first-order valence-corrected chi connectivity index (χ1v) is 13.0. The van der Waals surface area contributed by atoms with Crippen LogP contribution in [0.2, 0.25) is 0 Å². The smallest absolute Gasteiger partial charge is 0.274 e. The molecule has 5 rings (SSSR count). The summed E-state index contributed by atoms with van der Waals surface area (Å²) >= 11 is 0. The molecule has 2 aromatic carbocycles. The lowest BCUT2D eigenvalue weighted by Crippen LogP contribution is -2.42. The summed E-state index contributed by atoms with van der Waals surface area (Å²) in [5, 5.41) is 13.0. The van der Waals surface area contributed by atoms with Crippen LogP contribution >= 0.6 is 0 Å². The summed E-state index contributed by atoms with van der Waals surface area (Å²) in [7, 11) is 0. The minimum Gasteiger partial charge on any atom is -0.389 e. The maximum atomic E-state index is 13.3. The lowest BCUT2D eigenvalue weighted by Gasteiger charge is -2.30. The number of aliphatic hydroxyl groups excluding tert-OH is 1. The van der Waals surface area contributed by atoms with Crippen molar-refractivity contribution in [2.45, 2.75) is 45.4 Å². The maximum absolute atomic E-state index is 13.3. The van der Waals surface area contributed by atoms with E-state index in [1.807, 2.05) is 60.2 Å². The van der Waals surface area contributed by atoms with E-state index in [1.165, 1.54) is 0 Å². The zero-order chi connectivity index (χ0) is 26.6. The Balaban J connectivity index is 1.41. The second kappa shape index (κ2) is 11.3. The fraction of sp³-hybridized carbons (Fsp3) is 0.300. The number of hydrogen-bond donors (Lipinski definition) is 3. The summed E-state index contributed by atoms with van der Waals surface area (Å²) in [5.74, 6) is -0.288. The van der Waals surface area contributed by atoms with Gasteiger partial charge in [-0.1, -0.05) is 18.2 Å². The first kappa shape index (κ1) is 25.8. The van der Waals surface area contributed by atoms with Gasteiger partial charge in [-0.3, -0.25) is 14.7 Å². The monoisotopic (exact) mass is 510 g/mol. The van der Waals surface area contributed by atoms with Gasteiger partial charge in [0.05, 0.1) is 18.1 Å². The number of aromatic nitrogens is 3. The number of pyridine rings is 1. The van der Waals surface area contributed by atoms with Crippen LogP contribution in [0, 0.1) is 6.92 Å². The molecule has 1 amide bonds. The predicted molar refractivity (Wildman–Crippen MR) is 149 cm³/mol. The van der Waals surface area contributed by atoms with Gasteiger partial charge < -0.3 is 20.7 Å². The summed E-state index contributed by atoms with van der Waals surface area (Å²) in [6.45, 7) is 6.32. The van der Waals surface area contributed by atoms with Crippen molar-refractivity contribution in [3.63, 3.8) is 0 Å². The number of nitrogens with zero attached hydrogens (tertiary/aromatic N) is 4. The number of likely N-dealkylation sites (tertiary alicyclic amines) is 1. The molecule has 8 nitrogen and oxygen atoms in total. The highest BCUT2D eigenvalue weighted by Gasteiger charge is 2.18. The molecular weight excluding hydrogens is 476 g/mol. The van der Waals surface area contributed by atoms with Crippen LogP contribution in [0.3, 0.4) is 0 Å². The van der Waals surface area contributed by atoms with Crippen molar-refractivity contribution in [2.75, 3.05) is 18.4 Å². The molecule has 4 N–H and O–H groups in total. The second-order valence-electron chi connectivity index (χ2n) is 10.1. The Labute approximate surface area is 223 Å². The minimum atomic E-state index is -0.569. The Morgan fingerprint density at radius 2 is 2.00 bits per heavy atom. The average Bonchev–Trinajstić information content (AvgIpc) is 3.35. The highest BCUT2D eigenvalue weighted by Crippen LogP contribution is 2.25. The topological polar surface area (TPSA) is 109 Å². The van der Waals surface area contributed by atoms with Crippen LogP contribution in [-0.4, -0.2) is 49.6 Å². The Morgan fingerprint density at radius 1 is 1.16 bits per heavy atom. The molecule has 2 atom stereocenters. The SMILES string of the molecule is Cc1cn(-c2cc(CN3CCC[C@H](N)C3)cc(NC(=O)c3cc(-c4cccc(C(C)O)c4)ccn3)c2)cn1. The molecule has 0 radical (unpaired) electrons. The normalized spacial score (nSPS) is 16.8. The highest BCUT2D eigenvalue weighted by molar-refractivity contribution is 6.03. The number of carbonyl (C=O) groups is 1. The standard InChI is InChI=1S/C30H34N6O2/c1-20-16-36(19-33-20)28-12-22(17-35-10-4-7-26(31)18-35)11-27(15-28)34-30(38)29-14-25(8-9-32-29)24-6-3-5-23(13-24)21(2)37/h3,5-6,8-9,11-16,19,21,26,37H,4,7,10,17-18,31H2,1-2H3,(H,34,38)/t21?,26-/m0/s1. The molecule has 1 aliphatic rings. The molecule has 1 fully saturated rings. The van der Waals surface area contributed by atoms with Gasteiger partial charge in [0.1, 0.15) is 5.69 Å². The number of imidazole rings is 1. The van der Waals surface area contributed by atoms with Gasteiger partial charge in [-0.2, -0.15) is 0 Å². The number of nitrogens with one attached hydrogen (secondary N) is 1. The highest BCUT2D eigenvalue weighted by atomic mass is 16.3. The number of nitrogens with two attached hydrogens (primary N) is 1. The lowest BCUT2D eigenvalue weighted by atomic mass is 10.0. The molecule has 0 bridgehead atoms. The zero-order valence-electron chi connectivity index (χ0n) is 21.8. The van der Waals surface area contributed by atoms with Crippen LogP contribution in [0.5, 0.6) is 0 Å². The largest absolute Gasteiger partial charge is 0.389 e. The molecule has 0 aliphatic carbocycles. The molecule has 1 saturated heterocycles. The number of rotatable bonds is 7. The molecule has 1 unspecified atom stereocenters. The third-order valence-electron chi connectivity index (χ3n) is 6.89. The molecule has 38 heavy (non-hydrogen) atoms. The Hall–Kier alpha value is -3.85. The quantitative estimate of drug-likeness (QED) is 0.338. The van der Waals surface area contributed by atoms with E-state index in [2.05, 4.69) is 26.3 Å². The van der Waals surface area contributed by atoms with Gasteiger partial charge in [0.2, 0.25) is 0 Å². The molecule has 0 spiro atoms. The molecule has 3 heterocycles. The van der Waals surface area contributed by atoms with Gasteiger partial charge in [0.25, 0.3) is 5.91 Å². The van der Waals surface area contributed by atoms with Gasteiger partial charge in [-0.05, 0) is 91.9 Å². The third-order valence-corrected chi connectivity index (χ3v) is 6.89. The van der Waals surface area contributed by atoms with Gasteiger partial charge in [0.15, 0.2) is 0 Å². The zero-order valence-corrected chi connectivity index (χ0v) is 21.8. The Bertz CT molecular complexity index is 1430. The molecular formula is C30H34N6O2. The van der Waals surface area contributed by atoms with Crippen LogP contribution in [0.15, 0.2) is 73.3 Å². The number of benzene rings is 2. The van der Waals surface area contributed by atoms with Crippen molar-refractivity contribution >= 4 is 11.6 Å². The number of piperidine rings is 1. The van der Waals surface area contributed by atoms with Crippen LogP contribution in [0.1, 0.15) is 53.2 Å².